The van der Waals surface area contributed by atoms with E-state index in [0.717, 1.165) is 0 Å². The molecule has 15 heavy (non-hydrogen) atoms. The van der Waals surface area contributed by atoms with Gasteiger partial charge in [-0.15, -0.1) is 0 Å². The number of nitrogens with zero attached hydrogens (tertiary/aromatic N) is 1. The molecule has 1 rings (SSSR count). The molecule has 0 saturated carbocycles. The van der Waals surface area contributed by atoms with E-state index in [2.05, 4.69) is 12.6 Å². The van der Waals surface area contributed by atoms with E-state index < -0.39 is 5.60 Å². The first-order valence-electron chi connectivity index (χ1n) is 5.53. The summed E-state index contributed by atoms with van der Waals surface area (Å²) >= 11 is 4.32. The lowest BCUT2D eigenvalue weighted by Gasteiger charge is -2.37. The lowest BCUT2D eigenvalue weighted by Crippen LogP contribution is -2.48. The number of carbonyl (C=O) groups excluding carboxylic acids is 1. The zero-order chi connectivity index (χ0) is 11.6. The van der Waals surface area contributed by atoms with Crippen LogP contribution in [0.3, 0.4) is 0 Å². The SMILES string of the molecule is CC(C)C(S)C(=O)N1CCC(C)(O)CC1. The van der Waals surface area contributed by atoms with Crippen LogP contribution in [0.2, 0.25) is 0 Å². The Morgan fingerprint density at radius 1 is 1.40 bits per heavy atom. The van der Waals surface area contributed by atoms with Gasteiger partial charge in [-0.3, -0.25) is 4.79 Å². The van der Waals surface area contributed by atoms with E-state index in [4.69, 9.17) is 0 Å². The Hall–Kier alpha value is -0.220. The van der Waals surface area contributed by atoms with Gasteiger partial charge in [0.05, 0.1) is 10.9 Å². The Bertz CT molecular complexity index is 231. The van der Waals surface area contributed by atoms with Crippen molar-refractivity contribution < 1.29 is 9.90 Å². The fourth-order valence-corrected chi connectivity index (χ4v) is 1.84. The average molecular weight is 231 g/mol. The monoisotopic (exact) mass is 231 g/mol. The minimum absolute atomic E-state index is 0.101. The Morgan fingerprint density at radius 3 is 2.27 bits per heavy atom. The van der Waals surface area contributed by atoms with E-state index in [9.17, 15) is 9.90 Å². The predicted octanol–water partition coefficient (Wildman–Crippen LogP) is 1.31. The van der Waals surface area contributed by atoms with Crippen molar-refractivity contribution >= 4 is 18.5 Å². The molecule has 0 spiro atoms. The van der Waals surface area contributed by atoms with Crippen molar-refractivity contribution in [1.29, 1.82) is 0 Å². The molecule has 1 amide bonds. The van der Waals surface area contributed by atoms with E-state index in [1.54, 1.807) is 0 Å². The van der Waals surface area contributed by atoms with Gasteiger partial charge in [-0.1, -0.05) is 13.8 Å². The molecule has 4 heteroatoms. The van der Waals surface area contributed by atoms with E-state index in [-0.39, 0.29) is 17.1 Å². The highest BCUT2D eigenvalue weighted by Crippen LogP contribution is 2.23. The first-order valence-corrected chi connectivity index (χ1v) is 6.04. The van der Waals surface area contributed by atoms with Crippen LogP contribution in [0.15, 0.2) is 0 Å². The van der Waals surface area contributed by atoms with Crippen molar-refractivity contribution in [2.75, 3.05) is 13.1 Å². The molecule has 88 valence electrons. The molecule has 1 heterocycles. The second-order valence-corrected chi connectivity index (χ2v) is 5.57. The van der Waals surface area contributed by atoms with E-state index >= 15 is 0 Å². The number of hydrogen-bond donors (Lipinski definition) is 2. The maximum absolute atomic E-state index is 11.9. The Labute approximate surface area is 97.3 Å². The van der Waals surface area contributed by atoms with Crippen LogP contribution in [-0.2, 0) is 4.79 Å². The van der Waals surface area contributed by atoms with Gasteiger partial charge in [0.1, 0.15) is 0 Å². The standard InChI is InChI=1S/C11H21NO2S/c1-8(2)9(15)10(13)12-6-4-11(3,14)5-7-12/h8-9,14-15H,4-7H2,1-3H3. The minimum atomic E-state index is -0.597. The third kappa shape index (κ3) is 3.38. The molecule has 0 radical (unpaired) electrons. The second kappa shape index (κ2) is 4.74. The molecule has 1 saturated heterocycles. The molecule has 0 aromatic heterocycles. The molecule has 0 aromatic carbocycles. The first-order chi connectivity index (χ1) is 6.83. The van der Waals surface area contributed by atoms with Crippen LogP contribution in [-0.4, -0.2) is 39.9 Å². The van der Waals surface area contributed by atoms with Gasteiger partial charge in [-0.05, 0) is 25.7 Å². The number of carbonyl (C=O) groups is 1. The normalized spacial score (nSPS) is 22.9. The van der Waals surface area contributed by atoms with Crippen LogP contribution >= 0.6 is 12.6 Å². The van der Waals surface area contributed by atoms with Crippen molar-refractivity contribution in [3.8, 4) is 0 Å². The summed E-state index contributed by atoms with van der Waals surface area (Å²) in [7, 11) is 0. The average Bonchev–Trinajstić information content (AvgIpc) is 2.15. The summed E-state index contributed by atoms with van der Waals surface area (Å²) in [5, 5.41) is 9.55. The van der Waals surface area contributed by atoms with Crippen LogP contribution in [0.1, 0.15) is 33.6 Å². The lowest BCUT2D eigenvalue weighted by atomic mass is 9.93. The number of amides is 1. The molecule has 1 aliphatic heterocycles. The summed E-state index contributed by atoms with van der Waals surface area (Å²) < 4.78 is 0. The maximum atomic E-state index is 11.9. The molecule has 0 bridgehead atoms. The highest BCUT2D eigenvalue weighted by Gasteiger charge is 2.32. The molecule has 1 fully saturated rings. The molecule has 3 nitrogen and oxygen atoms in total. The van der Waals surface area contributed by atoms with Crippen LogP contribution in [0.25, 0.3) is 0 Å². The van der Waals surface area contributed by atoms with Crippen molar-refractivity contribution in [2.45, 2.75) is 44.5 Å². The zero-order valence-corrected chi connectivity index (χ0v) is 10.6. The van der Waals surface area contributed by atoms with Crippen LogP contribution in [0.5, 0.6) is 0 Å². The Morgan fingerprint density at radius 2 is 1.87 bits per heavy atom. The topological polar surface area (TPSA) is 40.5 Å². The molecule has 1 aliphatic rings. The van der Waals surface area contributed by atoms with E-state index in [1.165, 1.54) is 0 Å². The van der Waals surface area contributed by atoms with Gasteiger partial charge in [-0.2, -0.15) is 12.6 Å². The van der Waals surface area contributed by atoms with Gasteiger partial charge in [0.2, 0.25) is 5.91 Å². The molecular formula is C11H21NO2S. The summed E-state index contributed by atoms with van der Waals surface area (Å²) in [5.41, 5.74) is -0.597. The minimum Gasteiger partial charge on any atom is -0.390 e. The quantitative estimate of drug-likeness (QED) is 0.704. The summed E-state index contributed by atoms with van der Waals surface area (Å²) in [4.78, 5) is 13.7. The second-order valence-electron chi connectivity index (χ2n) is 5.01. The summed E-state index contributed by atoms with van der Waals surface area (Å²) in [6.45, 7) is 7.12. The van der Waals surface area contributed by atoms with Crippen LogP contribution < -0.4 is 0 Å². The third-order valence-electron chi connectivity index (χ3n) is 3.04. The first kappa shape index (κ1) is 12.8. The van der Waals surface area contributed by atoms with Crippen molar-refractivity contribution in [3.63, 3.8) is 0 Å². The number of aliphatic hydroxyl groups is 1. The molecular weight excluding hydrogens is 210 g/mol. The van der Waals surface area contributed by atoms with Gasteiger partial charge in [0.15, 0.2) is 0 Å². The van der Waals surface area contributed by atoms with Crippen molar-refractivity contribution in [1.82, 2.24) is 4.90 Å². The highest BCUT2D eigenvalue weighted by atomic mass is 32.1. The fourth-order valence-electron chi connectivity index (χ4n) is 1.68. The Kier molecular flexibility index (Phi) is 4.06. The van der Waals surface area contributed by atoms with Gasteiger partial charge >= 0.3 is 0 Å². The Balaban J connectivity index is 2.50. The number of piperidine rings is 1. The third-order valence-corrected chi connectivity index (χ3v) is 3.85. The predicted molar refractivity (Wildman–Crippen MR) is 64.0 cm³/mol. The summed E-state index contributed by atoms with van der Waals surface area (Å²) in [6.07, 6.45) is 1.33. The van der Waals surface area contributed by atoms with Crippen molar-refractivity contribution in [3.05, 3.63) is 0 Å². The molecule has 0 aromatic rings. The van der Waals surface area contributed by atoms with E-state index in [1.807, 2.05) is 25.7 Å². The number of likely N-dealkylation sites (tertiary alicyclic amines) is 1. The number of rotatable bonds is 2. The van der Waals surface area contributed by atoms with Crippen LogP contribution in [0.4, 0.5) is 0 Å². The largest absolute Gasteiger partial charge is 0.390 e. The fraction of sp³-hybridized carbons (Fsp3) is 0.909. The smallest absolute Gasteiger partial charge is 0.235 e. The van der Waals surface area contributed by atoms with Crippen molar-refractivity contribution in [2.24, 2.45) is 5.92 Å². The number of thiol groups is 1. The molecule has 1 atom stereocenters. The van der Waals surface area contributed by atoms with Gasteiger partial charge < -0.3 is 10.0 Å². The van der Waals surface area contributed by atoms with Crippen LogP contribution in [0, 0.1) is 5.92 Å². The van der Waals surface area contributed by atoms with Gasteiger partial charge in [0, 0.05) is 13.1 Å². The summed E-state index contributed by atoms with van der Waals surface area (Å²) in [5.74, 6) is 0.354. The van der Waals surface area contributed by atoms with Gasteiger partial charge in [0.25, 0.3) is 0 Å². The molecule has 1 unspecified atom stereocenters. The van der Waals surface area contributed by atoms with E-state index in [0.29, 0.717) is 25.9 Å². The molecule has 0 aliphatic carbocycles. The zero-order valence-electron chi connectivity index (χ0n) is 9.73. The lowest BCUT2D eigenvalue weighted by molar-refractivity contribution is -0.135. The maximum Gasteiger partial charge on any atom is 0.235 e. The van der Waals surface area contributed by atoms with Gasteiger partial charge in [-0.25, -0.2) is 0 Å². The summed E-state index contributed by atoms with van der Waals surface area (Å²) in [6, 6.07) is 0. The highest BCUT2D eigenvalue weighted by molar-refractivity contribution is 7.81. The molecule has 1 N–H and O–H groups in total. The number of hydrogen-bond acceptors (Lipinski definition) is 3.